The minimum Gasteiger partial charge on any atom is -0.481 e. The average molecular weight is 200 g/mol. The number of rotatable bonds is 2. The van der Waals surface area contributed by atoms with Crippen molar-refractivity contribution >= 4 is 5.97 Å². The van der Waals surface area contributed by atoms with Gasteiger partial charge in [0, 0.05) is 0 Å². The lowest BCUT2D eigenvalue weighted by atomic mass is 9.68. The molecule has 82 valence electrons. The van der Waals surface area contributed by atoms with Crippen LogP contribution < -0.4 is 0 Å². The predicted molar refractivity (Wildman–Crippen MR) is 54.1 cm³/mol. The Bertz CT molecular complexity index is 207. The molecule has 0 heterocycles. The maximum absolute atomic E-state index is 11.3. The second-order valence-electron chi connectivity index (χ2n) is 4.86. The predicted octanol–water partition coefficient (Wildman–Crippen LogP) is 2.18. The highest BCUT2D eigenvalue weighted by Crippen LogP contribution is 2.43. The number of aliphatic hydroxyl groups is 1. The van der Waals surface area contributed by atoms with Crippen molar-refractivity contribution in [2.45, 2.75) is 58.0 Å². The lowest BCUT2D eigenvalue weighted by Crippen LogP contribution is -2.49. The molecule has 2 N–H and O–H groups in total. The molecule has 0 aliphatic heterocycles. The topological polar surface area (TPSA) is 57.5 Å². The molecule has 3 nitrogen and oxygen atoms in total. The first-order valence-electron chi connectivity index (χ1n) is 5.36. The molecule has 0 atom stereocenters. The molecule has 0 saturated heterocycles. The van der Waals surface area contributed by atoms with Gasteiger partial charge in [-0.3, -0.25) is 4.79 Å². The zero-order valence-electron chi connectivity index (χ0n) is 9.05. The van der Waals surface area contributed by atoms with Crippen LogP contribution in [0.25, 0.3) is 0 Å². The van der Waals surface area contributed by atoms with Gasteiger partial charge >= 0.3 is 5.97 Å². The Morgan fingerprint density at radius 1 is 1.14 bits per heavy atom. The number of carboxylic acids is 1. The molecule has 1 aliphatic rings. The SMILES string of the molecule is CC(C)(O)C1(C(=O)O)CCCCCC1. The lowest BCUT2D eigenvalue weighted by Gasteiger charge is -2.39. The molecule has 1 fully saturated rings. The van der Waals surface area contributed by atoms with Crippen molar-refractivity contribution in [3.05, 3.63) is 0 Å². The Kier molecular flexibility index (Phi) is 3.20. The summed E-state index contributed by atoms with van der Waals surface area (Å²) in [6.07, 6.45) is 5.21. The van der Waals surface area contributed by atoms with E-state index in [2.05, 4.69) is 0 Å². The monoisotopic (exact) mass is 200 g/mol. The summed E-state index contributed by atoms with van der Waals surface area (Å²) in [7, 11) is 0. The molecule has 14 heavy (non-hydrogen) atoms. The average Bonchev–Trinajstić information content (AvgIpc) is 2.26. The van der Waals surface area contributed by atoms with Crippen LogP contribution in [0.4, 0.5) is 0 Å². The molecule has 0 aromatic rings. The van der Waals surface area contributed by atoms with E-state index in [1.165, 1.54) is 0 Å². The molecular weight excluding hydrogens is 180 g/mol. The second-order valence-corrected chi connectivity index (χ2v) is 4.86. The van der Waals surface area contributed by atoms with Gasteiger partial charge in [-0.1, -0.05) is 25.7 Å². The summed E-state index contributed by atoms with van der Waals surface area (Å²) in [6, 6.07) is 0. The number of hydrogen-bond donors (Lipinski definition) is 2. The van der Waals surface area contributed by atoms with Crippen LogP contribution in [0.3, 0.4) is 0 Å². The molecule has 0 radical (unpaired) electrons. The van der Waals surface area contributed by atoms with Crippen molar-refractivity contribution in [3.63, 3.8) is 0 Å². The van der Waals surface area contributed by atoms with Crippen molar-refractivity contribution in [2.24, 2.45) is 5.41 Å². The van der Waals surface area contributed by atoms with Crippen LogP contribution in [-0.4, -0.2) is 21.8 Å². The molecule has 1 aliphatic carbocycles. The van der Waals surface area contributed by atoms with Gasteiger partial charge in [0.05, 0.1) is 11.0 Å². The van der Waals surface area contributed by atoms with E-state index in [4.69, 9.17) is 0 Å². The van der Waals surface area contributed by atoms with Gasteiger partial charge in [0.25, 0.3) is 0 Å². The second kappa shape index (κ2) is 3.89. The van der Waals surface area contributed by atoms with Crippen molar-refractivity contribution < 1.29 is 15.0 Å². The Labute approximate surface area is 85.1 Å². The van der Waals surface area contributed by atoms with E-state index in [-0.39, 0.29) is 0 Å². The molecule has 1 saturated carbocycles. The first kappa shape index (κ1) is 11.5. The van der Waals surface area contributed by atoms with Crippen LogP contribution in [0.2, 0.25) is 0 Å². The third-order valence-electron chi connectivity index (χ3n) is 3.54. The van der Waals surface area contributed by atoms with Crippen LogP contribution in [0.1, 0.15) is 52.4 Å². The normalized spacial score (nSPS) is 22.8. The molecule has 0 amide bonds. The Morgan fingerprint density at radius 3 is 1.86 bits per heavy atom. The summed E-state index contributed by atoms with van der Waals surface area (Å²) in [4.78, 5) is 11.3. The Balaban J connectivity index is 2.95. The first-order valence-corrected chi connectivity index (χ1v) is 5.36. The van der Waals surface area contributed by atoms with E-state index in [1.54, 1.807) is 13.8 Å². The number of hydrogen-bond acceptors (Lipinski definition) is 2. The van der Waals surface area contributed by atoms with Crippen molar-refractivity contribution in [3.8, 4) is 0 Å². The molecule has 0 aromatic carbocycles. The van der Waals surface area contributed by atoms with Crippen molar-refractivity contribution in [1.82, 2.24) is 0 Å². The molecule has 0 bridgehead atoms. The van der Waals surface area contributed by atoms with E-state index in [1.807, 2.05) is 0 Å². The van der Waals surface area contributed by atoms with Gasteiger partial charge in [-0.25, -0.2) is 0 Å². The van der Waals surface area contributed by atoms with Gasteiger partial charge in [0.1, 0.15) is 0 Å². The number of carboxylic acid groups (broad SMARTS) is 1. The van der Waals surface area contributed by atoms with E-state index in [0.717, 1.165) is 25.7 Å². The molecule has 1 rings (SSSR count). The first-order chi connectivity index (χ1) is 6.40. The number of aliphatic carboxylic acids is 1. The molecule has 0 aromatic heterocycles. The fraction of sp³-hybridized carbons (Fsp3) is 0.909. The minimum atomic E-state index is -1.12. The zero-order chi connectivity index (χ0) is 10.8. The molecule has 0 unspecified atom stereocenters. The van der Waals surface area contributed by atoms with Crippen LogP contribution in [0, 0.1) is 5.41 Å². The fourth-order valence-corrected chi connectivity index (χ4v) is 2.42. The Hall–Kier alpha value is -0.570. The van der Waals surface area contributed by atoms with Crippen molar-refractivity contribution in [1.29, 1.82) is 0 Å². The van der Waals surface area contributed by atoms with Gasteiger partial charge in [-0.05, 0) is 26.7 Å². The quantitative estimate of drug-likeness (QED) is 0.672. The summed E-state index contributed by atoms with van der Waals surface area (Å²) >= 11 is 0. The molecule has 0 spiro atoms. The Morgan fingerprint density at radius 2 is 1.57 bits per heavy atom. The third-order valence-corrected chi connectivity index (χ3v) is 3.54. The zero-order valence-corrected chi connectivity index (χ0v) is 9.05. The van der Waals surface area contributed by atoms with Gasteiger partial charge in [-0.2, -0.15) is 0 Å². The molecular formula is C11H20O3. The number of carbonyl (C=O) groups is 1. The minimum absolute atomic E-state index is 0.603. The van der Waals surface area contributed by atoms with E-state index in [9.17, 15) is 15.0 Å². The highest BCUT2D eigenvalue weighted by molar-refractivity contribution is 5.76. The smallest absolute Gasteiger partial charge is 0.312 e. The van der Waals surface area contributed by atoms with Crippen molar-refractivity contribution in [2.75, 3.05) is 0 Å². The largest absolute Gasteiger partial charge is 0.481 e. The van der Waals surface area contributed by atoms with Crippen LogP contribution >= 0.6 is 0 Å². The summed E-state index contributed by atoms with van der Waals surface area (Å²) in [5, 5.41) is 19.3. The third kappa shape index (κ3) is 1.92. The van der Waals surface area contributed by atoms with Crippen LogP contribution in [-0.2, 0) is 4.79 Å². The van der Waals surface area contributed by atoms with Crippen LogP contribution in [0.5, 0.6) is 0 Å². The van der Waals surface area contributed by atoms with E-state index in [0.29, 0.717) is 12.8 Å². The van der Waals surface area contributed by atoms with Crippen LogP contribution in [0.15, 0.2) is 0 Å². The lowest BCUT2D eigenvalue weighted by molar-refractivity contribution is -0.167. The van der Waals surface area contributed by atoms with Gasteiger partial charge in [-0.15, -0.1) is 0 Å². The summed E-state index contributed by atoms with van der Waals surface area (Å²) in [5.41, 5.74) is -2.05. The van der Waals surface area contributed by atoms with Gasteiger partial charge in [0.2, 0.25) is 0 Å². The van der Waals surface area contributed by atoms with Gasteiger partial charge in [0.15, 0.2) is 0 Å². The van der Waals surface area contributed by atoms with Gasteiger partial charge < -0.3 is 10.2 Å². The van der Waals surface area contributed by atoms with E-state index < -0.39 is 17.0 Å². The highest BCUT2D eigenvalue weighted by atomic mass is 16.4. The summed E-state index contributed by atoms with van der Waals surface area (Å²) in [5.74, 6) is -0.841. The maximum atomic E-state index is 11.3. The standard InChI is InChI=1S/C11H20O3/c1-10(2,14)11(9(12)13)7-5-3-4-6-8-11/h14H,3-8H2,1-2H3,(H,12,13). The fourth-order valence-electron chi connectivity index (χ4n) is 2.42. The van der Waals surface area contributed by atoms with E-state index >= 15 is 0 Å². The summed E-state index contributed by atoms with van der Waals surface area (Å²) < 4.78 is 0. The molecule has 3 heteroatoms. The highest BCUT2D eigenvalue weighted by Gasteiger charge is 2.49. The summed E-state index contributed by atoms with van der Waals surface area (Å²) in [6.45, 7) is 3.24. The maximum Gasteiger partial charge on any atom is 0.312 e.